The van der Waals surface area contributed by atoms with Gasteiger partial charge in [0.05, 0.1) is 11.6 Å². The number of nitrogens with zero attached hydrogens (tertiary/aromatic N) is 1. The third kappa shape index (κ3) is 3.20. The van der Waals surface area contributed by atoms with Crippen LogP contribution in [-0.2, 0) is 6.54 Å². The van der Waals surface area contributed by atoms with Gasteiger partial charge in [-0.15, -0.1) is 11.3 Å². The van der Waals surface area contributed by atoms with Gasteiger partial charge in [0.15, 0.2) is 5.76 Å². The number of fused-ring (bicyclic) bond motifs is 1. The first kappa shape index (κ1) is 18.1. The van der Waals surface area contributed by atoms with E-state index in [1.807, 2.05) is 13.8 Å². The van der Waals surface area contributed by atoms with Crippen LogP contribution in [0.25, 0.3) is 0 Å². The lowest BCUT2D eigenvalue weighted by molar-refractivity contribution is -0.402. The van der Waals surface area contributed by atoms with Gasteiger partial charge < -0.3 is 20.2 Å². The van der Waals surface area contributed by atoms with Crippen molar-refractivity contribution >= 4 is 34.1 Å². The summed E-state index contributed by atoms with van der Waals surface area (Å²) in [4.78, 5) is 35.0. The molecule has 0 saturated carbocycles. The van der Waals surface area contributed by atoms with E-state index < -0.39 is 22.7 Å². The van der Waals surface area contributed by atoms with Crippen LogP contribution in [0.1, 0.15) is 51.1 Å². The molecule has 2 aromatic rings. The lowest BCUT2D eigenvalue weighted by atomic mass is 9.84. The van der Waals surface area contributed by atoms with Crippen molar-refractivity contribution in [3.05, 3.63) is 44.0 Å². The third-order valence-corrected chi connectivity index (χ3v) is 5.40. The van der Waals surface area contributed by atoms with E-state index in [1.165, 1.54) is 17.4 Å². The molecule has 1 unspecified atom stereocenters. The van der Waals surface area contributed by atoms with E-state index in [9.17, 15) is 24.8 Å². The van der Waals surface area contributed by atoms with Crippen LogP contribution >= 0.6 is 11.3 Å². The van der Waals surface area contributed by atoms with E-state index in [4.69, 9.17) is 4.42 Å². The van der Waals surface area contributed by atoms with Gasteiger partial charge in [-0.3, -0.25) is 14.9 Å². The number of aromatic carboxylic acids is 1. The fourth-order valence-corrected chi connectivity index (χ4v) is 4.27. The molecule has 1 atom stereocenters. The smallest absolute Gasteiger partial charge is 0.433 e. The number of furan rings is 1. The van der Waals surface area contributed by atoms with Gasteiger partial charge >= 0.3 is 11.9 Å². The molecule has 1 aliphatic heterocycles. The molecule has 138 valence electrons. The molecule has 3 N–H and O–H groups in total. The van der Waals surface area contributed by atoms with E-state index in [2.05, 4.69) is 10.6 Å². The predicted molar refractivity (Wildman–Crippen MR) is 93.9 cm³/mol. The molecule has 0 aliphatic carbocycles. The first-order valence-electron chi connectivity index (χ1n) is 7.94. The highest BCUT2D eigenvalue weighted by atomic mass is 32.1. The highest BCUT2D eigenvalue weighted by molar-refractivity contribution is 7.17. The van der Waals surface area contributed by atoms with Gasteiger partial charge in [-0.25, -0.2) is 4.79 Å². The summed E-state index contributed by atoms with van der Waals surface area (Å²) >= 11 is 1.20. The van der Waals surface area contributed by atoms with Crippen molar-refractivity contribution in [2.75, 3.05) is 11.9 Å². The van der Waals surface area contributed by atoms with Crippen LogP contribution in [-0.4, -0.2) is 28.5 Å². The van der Waals surface area contributed by atoms with Crippen molar-refractivity contribution in [2.24, 2.45) is 5.92 Å². The molecular formula is C16H17N3O6S. The van der Waals surface area contributed by atoms with Crippen molar-refractivity contribution in [1.29, 1.82) is 0 Å². The Labute approximate surface area is 152 Å². The van der Waals surface area contributed by atoms with Gasteiger partial charge in [-0.05, 0) is 17.5 Å². The number of carbonyl (C=O) groups is 2. The zero-order valence-corrected chi connectivity index (χ0v) is 14.9. The van der Waals surface area contributed by atoms with E-state index in [1.54, 1.807) is 0 Å². The Morgan fingerprint density at radius 3 is 2.77 bits per heavy atom. The van der Waals surface area contributed by atoms with E-state index in [0.717, 1.165) is 16.5 Å². The quantitative estimate of drug-likeness (QED) is 0.537. The third-order valence-electron chi connectivity index (χ3n) is 4.28. The summed E-state index contributed by atoms with van der Waals surface area (Å²) in [6.07, 6.45) is 0. The Morgan fingerprint density at radius 1 is 1.46 bits per heavy atom. The first-order chi connectivity index (χ1) is 12.3. The monoisotopic (exact) mass is 379 g/mol. The molecule has 3 rings (SSSR count). The summed E-state index contributed by atoms with van der Waals surface area (Å²) in [5.41, 5.74) is 0.830. The second-order valence-corrected chi connectivity index (χ2v) is 7.38. The molecule has 0 spiro atoms. The van der Waals surface area contributed by atoms with Gasteiger partial charge in [-0.2, -0.15) is 0 Å². The lowest BCUT2D eigenvalue weighted by Gasteiger charge is -2.27. The number of amides is 1. The van der Waals surface area contributed by atoms with Crippen molar-refractivity contribution in [3.63, 3.8) is 0 Å². The molecule has 0 aromatic carbocycles. The summed E-state index contributed by atoms with van der Waals surface area (Å²) in [6, 6.07) is 2.26. The SMILES string of the molecule is CC(C)C1CNCc2sc(NC(=O)c3ccc([N+](=O)[O-])o3)c(C(=O)O)c21. The maximum atomic E-state index is 12.3. The summed E-state index contributed by atoms with van der Waals surface area (Å²) in [5, 5.41) is 26.4. The molecule has 0 fully saturated rings. The van der Waals surface area contributed by atoms with E-state index in [0.29, 0.717) is 13.1 Å². The minimum absolute atomic E-state index is 0.0245. The van der Waals surface area contributed by atoms with Crippen LogP contribution in [0.15, 0.2) is 16.5 Å². The van der Waals surface area contributed by atoms with Crippen molar-refractivity contribution < 1.29 is 24.0 Å². The van der Waals surface area contributed by atoms with Gasteiger partial charge in [0.1, 0.15) is 9.92 Å². The largest absolute Gasteiger partial charge is 0.478 e. The molecule has 3 heterocycles. The molecule has 0 radical (unpaired) electrons. The van der Waals surface area contributed by atoms with Crippen LogP contribution in [0, 0.1) is 16.0 Å². The molecule has 1 aliphatic rings. The fourth-order valence-electron chi connectivity index (χ4n) is 3.04. The van der Waals surface area contributed by atoms with Crippen molar-refractivity contribution in [2.45, 2.75) is 26.3 Å². The summed E-state index contributed by atoms with van der Waals surface area (Å²) in [5.74, 6) is -2.40. The Hall–Kier alpha value is -2.72. The number of carboxylic acid groups (broad SMARTS) is 1. The number of nitro groups is 1. The standard InChI is InChI=1S/C16H17N3O6S/c1-7(2)8-5-17-6-10-12(8)13(16(21)22)15(26-10)18-14(20)9-3-4-11(25-9)19(23)24/h3-4,7-8,17H,5-6H2,1-2H3,(H,18,20)(H,21,22). The zero-order chi connectivity index (χ0) is 19.0. The maximum Gasteiger partial charge on any atom is 0.433 e. The Balaban J connectivity index is 1.96. The normalized spacial score (nSPS) is 16.3. The molecule has 1 amide bonds. The Morgan fingerprint density at radius 2 is 2.19 bits per heavy atom. The molecule has 2 aromatic heterocycles. The Bertz CT molecular complexity index is 885. The fraction of sp³-hybridized carbons (Fsp3) is 0.375. The average Bonchev–Trinajstić information content (AvgIpc) is 3.18. The average molecular weight is 379 g/mol. The lowest BCUT2D eigenvalue weighted by Crippen LogP contribution is -2.31. The van der Waals surface area contributed by atoms with Crippen LogP contribution < -0.4 is 10.6 Å². The highest BCUT2D eigenvalue weighted by Crippen LogP contribution is 2.42. The van der Waals surface area contributed by atoms with Crippen LogP contribution in [0.2, 0.25) is 0 Å². The van der Waals surface area contributed by atoms with E-state index >= 15 is 0 Å². The predicted octanol–water partition coefficient (Wildman–Crippen LogP) is 3.04. The molecule has 10 heteroatoms. The van der Waals surface area contributed by atoms with Crippen LogP contribution in [0.3, 0.4) is 0 Å². The summed E-state index contributed by atoms with van der Waals surface area (Å²) < 4.78 is 4.87. The number of hydrogen-bond acceptors (Lipinski definition) is 7. The number of nitrogens with one attached hydrogen (secondary N) is 2. The van der Waals surface area contributed by atoms with Gasteiger partial charge in [0, 0.05) is 23.9 Å². The van der Waals surface area contributed by atoms with Crippen molar-refractivity contribution in [3.8, 4) is 0 Å². The zero-order valence-electron chi connectivity index (χ0n) is 14.1. The number of thiophene rings is 1. The minimum atomic E-state index is -1.12. The number of hydrogen-bond donors (Lipinski definition) is 3. The van der Waals surface area contributed by atoms with Gasteiger partial charge in [0.25, 0.3) is 5.91 Å². The number of rotatable bonds is 5. The molecule has 0 saturated heterocycles. The summed E-state index contributed by atoms with van der Waals surface area (Å²) in [7, 11) is 0. The van der Waals surface area contributed by atoms with Crippen LogP contribution in [0.4, 0.5) is 10.9 Å². The van der Waals surface area contributed by atoms with Crippen LogP contribution in [0.5, 0.6) is 0 Å². The maximum absolute atomic E-state index is 12.3. The summed E-state index contributed by atoms with van der Waals surface area (Å²) in [6.45, 7) is 5.24. The highest BCUT2D eigenvalue weighted by Gasteiger charge is 2.33. The second-order valence-electron chi connectivity index (χ2n) is 6.28. The van der Waals surface area contributed by atoms with Crippen molar-refractivity contribution in [1.82, 2.24) is 5.32 Å². The second kappa shape index (κ2) is 6.89. The molecular weight excluding hydrogens is 362 g/mol. The first-order valence-corrected chi connectivity index (χ1v) is 8.76. The molecule has 0 bridgehead atoms. The molecule has 9 nitrogen and oxygen atoms in total. The number of anilines is 1. The van der Waals surface area contributed by atoms with E-state index in [-0.39, 0.29) is 28.2 Å². The topological polar surface area (TPSA) is 135 Å². The number of carbonyl (C=O) groups excluding carboxylic acids is 1. The van der Waals surface area contributed by atoms with Gasteiger partial charge in [-0.1, -0.05) is 13.8 Å². The van der Waals surface area contributed by atoms with Gasteiger partial charge in [0.2, 0.25) is 0 Å². The Kier molecular flexibility index (Phi) is 4.79. The number of carboxylic acids is 1. The minimum Gasteiger partial charge on any atom is -0.478 e. The molecule has 26 heavy (non-hydrogen) atoms.